The van der Waals surface area contributed by atoms with E-state index in [1.54, 1.807) is 31.2 Å². The maximum absolute atomic E-state index is 13.5. The molecule has 0 aromatic heterocycles. The average Bonchev–Trinajstić information content (AvgIpc) is 3.26. The zero-order chi connectivity index (χ0) is 20.5. The third-order valence-electron chi connectivity index (χ3n) is 6.07. The van der Waals surface area contributed by atoms with Crippen LogP contribution in [0.5, 0.6) is 0 Å². The number of nitrogens with one attached hydrogen (secondary N) is 2. The number of anilines is 2. The van der Waals surface area contributed by atoms with Crippen LogP contribution in [0.25, 0.3) is 0 Å². The van der Waals surface area contributed by atoms with Crippen molar-refractivity contribution < 1.29 is 19.3 Å². The molecule has 5 rings (SSSR count). The SMILES string of the molecule is C[C@@H]1N[C@]2(C(=O)Nc3ccccc32)[C@@H]2C(=O)N(c3cccc([N+](=O)[O-])c3)C(=O)[C@H]12. The molecule has 9 heteroatoms. The van der Waals surface area contributed by atoms with Gasteiger partial charge < -0.3 is 5.32 Å². The van der Waals surface area contributed by atoms with E-state index in [1.807, 2.05) is 0 Å². The van der Waals surface area contributed by atoms with Gasteiger partial charge in [0.05, 0.1) is 22.4 Å². The summed E-state index contributed by atoms with van der Waals surface area (Å²) in [6, 6.07) is 12.0. The second kappa shape index (κ2) is 5.71. The highest BCUT2D eigenvalue weighted by molar-refractivity contribution is 6.25. The predicted octanol–water partition coefficient (Wildman–Crippen LogP) is 1.54. The first-order chi connectivity index (χ1) is 13.9. The fraction of sp³-hybridized carbons (Fsp3) is 0.250. The zero-order valence-corrected chi connectivity index (χ0v) is 15.3. The molecule has 3 amide bonds. The van der Waals surface area contributed by atoms with Crippen LogP contribution < -0.4 is 15.5 Å². The van der Waals surface area contributed by atoms with Gasteiger partial charge in [0.25, 0.3) is 5.69 Å². The van der Waals surface area contributed by atoms with Crippen LogP contribution in [0.1, 0.15) is 12.5 Å². The zero-order valence-electron chi connectivity index (χ0n) is 15.3. The molecular formula is C20H16N4O5. The van der Waals surface area contributed by atoms with Crippen LogP contribution in [0.3, 0.4) is 0 Å². The summed E-state index contributed by atoms with van der Waals surface area (Å²) in [5.41, 5.74) is -0.191. The maximum Gasteiger partial charge on any atom is 0.271 e. The molecule has 2 fully saturated rings. The number of carbonyl (C=O) groups is 3. The number of fused-ring (bicyclic) bond motifs is 4. The highest BCUT2D eigenvalue weighted by Crippen LogP contribution is 2.53. The summed E-state index contributed by atoms with van der Waals surface area (Å²) in [7, 11) is 0. The van der Waals surface area contributed by atoms with Crippen molar-refractivity contribution in [3.05, 3.63) is 64.2 Å². The number of amides is 3. The smallest absolute Gasteiger partial charge is 0.271 e. The van der Waals surface area contributed by atoms with Crippen molar-refractivity contribution in [1.29, 1.82) is 0 Å². The van der Waals surface area contributed by atoms with Crippen LogP contribution in [0, 0.1) is 22.0 Å². The second-order valence-electron chi connectivity index (χ2n) is 7.53. The fourth-order valence-corrected chi connectivity index (χ4v) is 4.92. The number of hydrogen-bond donors (Lipinski definition) is 2. The molecule has 2 aromatic rings. The van der Waals surface area contributed by atoms with E-state index in [-0.39, 0.29) is 17.3 Å². The first-order valence-corrected chi connectivity index (χ1v) is 9.17. The van der Waals surface area contributed by atoms with Gasteiger partial charge in [-0.2, -0.15) is 0 Å². The molecule has 3 aliphatic heterocycles. The van der Waals surface area contributed by atoms with Gasteiger partial charge in [-0.3, -0.25) is 29.8 Å². The van der Waals surface area contributed by atoms with Crippen LogP contribution in [-0.2, 0) is 19.9 Å². The Labute approximate surface area is 164 Å². The van der Waals surface area contributed by atoms with Gasteiger partial charge in [-0.05, 0) is 19.1 Å². The Morgan fingerprint density at radius 2 is 1.83 bits per heavy atom. The number of para-hydroxylation sites is 1. The third-order valence-corrected chi connectivity index (χ3v) is 6.07. The predicted molar refractivity (Wildman–Crippen MR) is 102 cm³/mol. The van der Waals surface area contributed by atoms with Crippen molar-refractivity contribution in [3.63, 3.8) is 0 Å². The lowest BCUT2D eigenvalue weighted by atomic mass is 9.76. The van der Waals surface area contributed by atoms with Crippen molar-refractivity contribution in [2.45, 2.75) is 18.5 Å². The number of nitro groups is 1. The highest BCUT2D eigenvalue weighted by atomic mass is 16.6. The molecule has 146 valence electrons. The van der Waals surface area contributed by atoms with E-state index in [4.69, 9.17) is 0 Å². The van der Waals surface area contributed by atoms with Gasteiger partial charge in [-0.25, -0.2) is 4.90 Å². The average molecular weight is 392 g/mol. The van der Waals surface area contributed by atoms with Crippen LogP contribution in [0.15, 0.2) is 48.5 Å². The van der Waals surface area contributed by atoms with Gasteiger partial charge in [-0.15, -0.1) is 0 Å². The number of carbonyl (C=O) groups excluding carboxylic acids is 3. The van der Waals surface area contributed by atoms with E-state index in [0.717, 1.165) is 4.90 Å². The van der Waals surface area contributed by atoms with Gasteiger partial charge in [0, 0.05) is 29.4 Å². The topological polar surface area (TPSA) is 122 Å². The molecule has 4 atom stereocenters. The standard InChI is InChI=1S/C20H16N4O5/c1-10-15-16(20(22-10)13-7-2-3-8-14(13)21-19(20)27)18(26)23(17(15)25)11-5-4-6-12(9-11)24(28)29/h2-10,15-16,22H,1H3,(H,21,27)/t10-,15+,16-,20-/m0/s1. The van der Waals surface area contributed by atoms with E-state index in [0.29, 0.717) is 11.3 Å². The number of rotatable bonds is 2. The van der Waals surface area contributed by atoms with Crippen molar-refractivity contribution in [1.82, 2.24) is 5.32 Å². The number of imide groups is 1. The summed E-state index contributed by atoms with van der Waals surface area (Å²) in [5, 5.41) is 17.1. The molecule has 1 spiro atoms. The molecule has 2 aromatic carbocycles. The van der Waals surface area contributed by atoms with Crippen molar-refractivity contribution in [2.24, 2.45) is 11.8 Å². The number of non-ortho nitro benzene ring substituents is 1. The summed E-state index contributed by atoms with van der Waals surface area (Å²) in [4.78, 5) is 51.2. The van der Waals surface area contributed by atoms with Crippen LogP contribution in [0.4, 0.5) is 17.1 Å². The molecule has 0 saturated carbocycles. The van der Waals surface area contributed by atoms with Crippen molar-refractivity contribution >= 4 is 34.8 Å². The number of nitro benzene ring substituents is 1. The lowest BCUT2D eigenvalue weighted by molar-refractivity contribution is -0.384. The van der Waals surface area contributed by atoms with E-state index < -0.39 is 40.2 Å². The Morgan fingerprint density at radius 1 is 1.07 bits per heavy atom. The molecule has 29 heavy (non-hydrogen) atoms. The summed E-state index contributed by atoms with van der Waals surface area (Å²) in [6.45, 7) is 1.77. The van der Waals surface area contributed by atoms with Gasteiger partial charge >= 0.3 is 0 Å². The molecule has 0 unspecified atom stereocenters. The molecule has 9 nitrogen and oxygen atoms in total. The Balaban J connectivity index is 1.64. The molecule has 2 N–H and O–H groups in total. The van der Waals surface area contributed by atoms with Crippen LogP contribution in [0.2, 0.25) is 0 Å². The lowest BCUT2D eigenvalue weighted by Gasteiger charge is -2.29. The van der Waals surface area contributed by atoms with Crippen molar-refractivity contribution in [3.8, 4) is 0 Å². The Morgan fingerprint density at radius 3 is 2.59 bits per heavy atom. The maximum atomic E-state index is 13.5. The van der Waals surface area contributed by atoms with E-state index in [1.165, 1.54) is 24.3 Å². The quantitative estimate of drug-likeness (QED) is 0.454. The first-order valence-electron chi connectivity index (χ1n) is 9.17. The molecule has 2 saturated heterocycles. The molecule has 0 aliphatic carbocycles. The minimum Gasteiger partial charge on any atom is -0.324 e. The Hall–Kier alpha value is -3.59. The van der Waals surface area contributed by atoms with Gasteiger partial charge in [-0.1, -0.05) is 24.3 Å². The molecule has 3 heterocycles. The minimum atomic E-state index is -1.34. The van der Waals surface area contributed by atoms with Gasteiger partial charge in [0.15, 0.2) is 0 Å². The highest BCUT2D eigenvalue weighted by Gasteiger charge is 2.69. The molecule has 0 radical (unpaired) electrons. The monoisotopic (exact) mass is 392 g/mol. The normalized spacial score (nSPS) is 29.9. The number of hydrogen-bond acceptors (Lipinski definition) is 6. The second-order valence-corrected chi connectivity index (χ2v) is 7.53. The first kappa shape index (κ1) is 17.5. The number of nitrogens with zero attached hydrogens (tertiary/aromatic N) is 2. The minimum absolute atomic E-state index is 0.137. The Kier molecular flexibility index (Phi) is 3.45. The third kappa shape index (κ3) is 2.10. The summed E-state index contributed by atoms with van der Waals surface area (Å²) >= 11 is 0. The van der Waals surface area contributed by atoms with Crippen molar-refractivity contribution in [2.75, 3.05) is 10.2 Å². The molecule has 0 bridgehead atoms. The molecule has 3 aliphatic rings. The summed E-state index contributed by atoms with van der Waals surface area (Å²) < 4.78 is 0. The van der Waals surface area contributed by atoms with Crippen LogP contribution in [-0.4, -0.2) is 28.7 Å². The summed E-state index contributed by atoms with van der Waals surface area (Å²) in [5.74, 6) is -3.06. The van der Waals surface area contributed by atoms with E-state index >= 15 is 0 Å². The van der Waals surface area contributed by atoms with Gasteiger partial charge in [0.2, 0.25) is 17.7 Å². The number of benzene rings is 2. The summed E-state index contributed by atoms with van der Waals surface area (Å²) in [6.07, 6.45) is 0. The largest absolute Gasteiger partial charge is 0.324 e. The van der Waals surface area contributed by atoms with E-state index in [9.17, 15) is 24.5 Å². The van der Waals surface area contributed by atoms with Crippen LogP contribution >= 0.6 is 0 Å². The Bertz CT molecular complexity index is 1120. The molecular weight excluding hydrogens is 376 g/mol. The fourth-order valence-electron chi connectivity index (χ4n) is 4.92. The lowest BCUT2D eigenvalue weighted by Crippen LogP contribution is -2.53. The van der Waals surface area contributed by atoms with Gasteiger partial charge in [0.1, 0.15) is 5.54 Å². The van der Waals surface area contributed by atoms with E-state index in [2.05, 4.69) is 10.6 Å².